The van der Waals surface area contributed by atoms with E-state index in [0.717, 1.165) is 44.1 Å². The van der Waals surface area contributed by atoms with Crippen LogP contribution in [0, 0.1) is 45.3 Å². The number of carbonyl (C=O) groups is 3. The van der Waals surface area contributed by atoms with Gasteiger partial charge in [-0.25, -0.2) is 0 Å². The Morgan fingerprint density at radius 1 is 1.00 bits per heavy atom. The van der Waals surface area contributed by atoms with E-state index in [9.17, 15) is 24.6 Å². The summed E-state index contributed by atoms with van der Waals surface area (Å²) in [5, 5.41) is 30.5. The molecule has 230 valence electrons. The van der Waals surface area contributed by atoms with E-state index in [2.05, 4.69) is 48.1 Å². The molecule has 9 atom stereocenters. The van der Waals surface area contributed by atoms with Crippen LogP contribution in [0.5, 0.6) is 0 Å². The molecule has 4 aliphatic rings. The molecule has 41 heavy (non-hydrogen) atoms. The molecule has 0 bridgehead atoms. The Bertz CT molecular complexity index is 1140. The number of ether oxygens (including phenoxy) is 1. The first-order valence-electron chi connectivity index (χ1n) is 15.6. The lowest BCUT2D eigenvalue weighted by molar-refractivity contribution is -0.173. The van der Waals surface area contributed by atoms with Gasteiger partial charge in [-0.05, 0) is 93.3 Å². The summed E-state index contributed by atoms with van der Waals surface area (Å²) in [6.07, 6.45) is 6.43. The monoisotopic (exact) mass is 572 g/mol. The maximum Gasteiger partial charge on any atom is 0.317 e. The Balaban J connectivity index is 1.59. The lowest BCUT2D eigenvalue weighted by Crippen LogP contribution is -2.58. The number of carboxylic acid groups (broad SMARTS) is 2. The lowest BCUT2D eigenvalue weighted by Gasteiger charge is -2.63. The Kier molecular flexibility index (Phi) is 8.40. The van der Waals surface area contributed by atoms with E-state index in [-0.39, 0.29) is 33.7 Å². The van der Waals surface area contributed by atoms with E-state index in [4.69, 9.17) is 9.84 Å². The molecular weight excluding hydrogens is 520 g/mol. The zero-order valence-electron chi connectivity index (χ0n) is 26.2. The van der Waals surface area contributed by atoms with E-state index in [1.54, 1.807) is 12.5 Å². The Labute approximate surface area is 245 Å². The molecule has 0 aromatic rings. The summed E-state index contributed by atoms with van der Waals surface area (Å²) in [6, 6.07) is 0. The fourth-order valence-electron chi connectivity index (χ4n) is 10.2. The number of aliphatic hydroxyl groups excluding tert-OH is 1. The van der Waals surface area contributed by atoms with Crippen molar-refractivity contribution in [1.82, 2.24) is 0 Å². The molecule has 0 unspecified atom stereocenters. The van der Waals surface area contributed by atoms with Crippen LogP contribution in [0.25, 0.3) is 0 Å². The van der Waals surface area contributed by atoms with E-state index in [0.29, 0.717) is 31.1 Å². The van der Waals surface area contributed by atoms with Gasteiger partial charge in [0.1, 0.15) is 12.5 Å². The van der Waals surface area contributed by atoms with Gasteiger partial charge in [0.25, 0.3) is 0 Å². The van der Waals surface area contributed by atoms with Gasteiger partial charge in [-0.2, -0.15) is 0 Å². The second kappa shape index (κ2) is 10.8. The van der Waals surface area contributed by atoms with E-state index >= 15 is 0 Å². The SMILES string of the molecule is C=C(CC[C@@H](C)[C@H]1CC[C@]2(C)C3=C(C[C@H](O)[C@]12C)[C@@]1(C)CC[C@@H](OC(=O)CC(=O)O)C(C)(C)[C@@H]1CC3)[C@@H](C)C(=O)O. The predicted octanol–water partition coefficient (Wildman–Crippen LogP) is 6.79. The summed E-state index contributed by atoms with van der Waals surface area (Å²) in [6.45, 7) is 19.4. The molecule has 0 aromatic heterocycles. The van der Waals surface area contributed by atoms with E-state index in [1.807, 2.05) is 0 Å². The van der Waals surface area contributed by atoms with Gasteiger partial charge in [0.15, 0.2) is 0 Å². The van der Waals surface area contributed by atoms with Gasteiger partial charge in [0.05, 0.1) is 12.0 Å². The third-order valence-corrected chi connectivity index (χ3v) is 13.0. The second-order valence-corrected chi connectivity index (χ2v) is 15.1. The number of aliphatic carboxylic acids is 2. The average molecular weight is 573 g/mol. The molecule has 4 rings (SSSR count). The van der Waals surface area contributed by atoms with Crippen LogP contribution in [0.15, 0.2) is 23.3 Å². The molecule has 0 saturated heterocycles. The zero-order valence-corrected chi connectivity index (χ0v) is 26.2. The van der Waals surface area contributed by atoms with Crippen molar-refractivity contribution in [3.05, 3.63) is 23.3 Å². The quantitative estimate of drug-likeness (QED) is 0.158. The van der Waals surface area contributed by atoms with Gasteiger partial charge >= 0.3 is 17.9 Å². The summed E-state index contributed by atoms with van der Waals surface area (Å²) in [5.74, 6) is -2.26. The minimum absolute atomic E-state index is 0.104. The van der Waals surface area contributed by atoms with Crippen LogP contribution >= 0.6 is 0 Å². The van der Waals surface area contributed by atoms with E-state index < -0.39 is 36.4 Å². The summed E-state index contributed by atoms with van der Waals surface area (Å²) >= 11 is 0. The summed E-state index contributed by atoms with van der Waals surface area (Å²) in [4.78, 5) is 34.8. The Hall–Kier alpha value is -2.15. The third kappa shape index (κ3) is 4.98. The maximum atomic E-state index is 12.3. The average Bonchev–Trinajstić information content (AvgIpc) is 3.16. The standard InChI is InChI=1S/C34H52O7/c1-19(21(3)30(39)40)9-10-20(2)22-13-16-33(7)23-11-12-25-31(4,5)27(41-29(38)18-28(36)37)14-15-32(25,6)24(23)17-26(35)34(22,33)8/h20-22,25-27,35H,1,9-18H2,2-8H3,(H,36,37)(H,39,40)/t20-,21-,22-,25+,26+,27-,32-,33-,34+/m1/s1. The summed E-state index contributed by atoms with van der Waals surface area (Å²) < 4.78 is 5.76. The molecule has 7 nitrogen and oxygen atoms in total. The van der Waals surface area contributed by atoms with Crippen molar-refractivity contribution < 1.29 is 34.4 Å². The highest BCUT2D eigenvalue weighted by atomic mass is 16.5. The number of carboxylic acids is 2. The highest BCUT2D eigenvalue weighted by Crippen LogP contribution is 2.72. The first-order chi connectivity index (χ1) is 18.9. The molecule has 0 heterocycles. The van der Waals surface area contributed by atoms with Crippen LogP contribution in [-0.2, 0) is 19.1 Å². The molecule has 2 fully saturated rings. The van der Waals surface area contributed by atoms with E-state index in [1.165, 1.54) is 5.57 Å². The summed E-state index contributed by atoms with van der Waals surface area (Å²) in [7, 11) is 0. The zero-order chi connectivity index (χ0) is 30.7. The number of hydrogen-bond donors (Lipinski definition) is 3. The van der Waals surface area contributed by atoms with Crippen molar-refractivity contribution in [2.45, 2.75) is 125 Å². The largest absolute Gasteiger partial charge is 0.481 e. The number of allylic oxidation sites excluding steroid dienone is 1. The fraction of sp³-hybridized carbons (Fsp3) is 0.794. The molecule has 0 aromatic carbocycles. The van der Waals surface area contributed by atoms with Crippen molar-refractivity contribution in [2.24, 2.45) is 45.3 Å². The van der Waals surface area contributed by atoms with Crippen LogP contribution in [0.4, 0.5) is 0 Å². The van der Waals surface area contributed by atoms with Crippen LogP contribution in [-0.4, -0.2) is 45.4 Å². The van der Waals surface area contributed by atoms with Gasteiger partial charge in [-0.15, -0.1) is 0 Å². The smallest absolute Gasteiger partial charge is 0.317 e. The normalized spacial score (nSPS) is 39.1. The van der Waals surface area contributed by atoms with Crippen molar-refractivity contribution in [2.75, 3.05) is 0 Å². The van der Waals surface area contributed by atoms with Gasteiger partial charge < -0.3 is 20.1 Å². The highest BCUT2D eigenvalue weighted by molar-refractivity contribution is 5.90. The van der Waals surface area contributed by atoms with Crippen LogP contribution in [0.1, 0.15) is 113 Å². The van der Waals surface area contributed by atoms with Gasteiger partial charge in [-0.3, -0.25) is 14.4 Å². The molecular formula is C34H52O7. The minimum atomic E-state index is -1.17. The van der Waals surface area contributed by atoms with Crippen molar-refractivity contribution in [3.63, 3.8) is 0 Å². The molecule has 0 spiro atoms. The number of hydrogen-bond acceptors (Lipinski definition) is 5. The molecule has 4 aliphatic carbocycles. The Morgan fingerprint density at radius 2 is 1.66 bits per heavy atom. The maximum absolute atomic E-state index is 12.3. The van der Waals surface area contributed by atoms with Gasteiger partial charge in [0.2, 0.25) is 0 Å². The van der Waals surface area contributed by atoms with Crippen molar-refractivity contribution >= 4 is 17.9 Å². The van der Waals surface area contributed by atoms with Crippen molar-refractivity contribution in [3.8, 4) is 0 Å². The molecule has 3 N–H and O–H groups in total. The first-order valence-corrected chi connectivity index (χ1v) is 15.6. The molecule has 2 saturated carbocycles. The third-order valence-electron chi connectivity index (χ3n) is 13.0. The molecule has 0 radical (unpaired) electrons. The topological polar surface area (TPSA) is 121 Å². The summed E-state index contributed by atoms with van der Waals surface area (Å²) in [5.41, 5.74) is 2.95. The van der Waals surface area contributed by atoms with Crippen molar-refractivity contribution in [1.29, 1.82) is 0 Å². The number of aliphatic hydroxyl groups is 1. The first kappa shape index (κ1) is 31.8. The van der Waals surface area contributed by atoms with Crippen LogP contribution in [0.3, 0.4) is 0 Å². The number of esters is 1. The molecule has 7 heteroatoms. The Morgan fingerprint density at radius 3 is 2.27 bits per heavy atom. The van der Waals surface area contributed by atoms with Crippen LogP contribution in [0.2, 0.25) is 0 Å². The lowest BCUT2D eigenvalue weighted by atomic mass is 9.42. The van der Waals surface area contributed by atoms with Gasteiger partial charge in [-0.1, -0.05) is 64.8 Å². The van der Waals surface area contributed by atoms with Crippen LogP contribution < -0.4 is 0 Å². The second-order valence-electron chi connectivity index (χ2n) is 15.1. The molecule has 0 aliphatic heterocycles. The highest BCUT2D eigenvalue weighted by Gasteiger charge is 2.66. The number of carbonyl (C=O) groups excluding carboxylic acids is 1. The minimum Gasteiger partial charge on any atom is -0.481 e. The fourth-order valence-corrected chi connectivity index (χ4v) is 10.2. The van der Waals surface area contributed by atoms with Gasteiger partial charge in [0, 0.05) is 10.8 Å². The number of fused-ring (bicyclic) bond motifs is 4. The predicted molar refractivity (Wildman–Crippen MR) is 157 cm³/mol. The molecule has 0 amide bonds. The number of rotatable bonds is 9.